The third-order valence-corrected chi connectivity index (χ3v) is 5.52. The summed E-state index contributed by atoms with van der Waals surface area (Å²) in [6.45, 7) is 3.59. The lowest BCUT2D eigenvalue weighted by molar-refractivity contribution is 0.0535. The van der Waals surface area contributed by atoms with Crippen molar-refractivity contribution in [2.24, 2.45) is 0 Å². The van der Waals surface area contributed by atoms with E-state index >= 15 is 0 Å². The van der Waals surface area contributed by atoms with Gasteiger partial charge in [-0.1, -0.05) is 11.6 Å². The Balaban J connectivity index is 1.39. The van der Waals surface area contributed by atoms with Crippen LogP contribution in [0.1, 0.15) is 26.4 Å². The second-order valence-electron chi connectivity index (χ2n) is 7.14. The first-order valence-electron chi connectivity index (χ1n) is 9.59. The van der Waals surface area contributed by atoms with Crippen molar-refractivity contribution in [3.8, 4) is 5.69 Å². The molecule has 0 spiro atoms. The molecule has 1 aliphatic heterocycles. The molecule has 0 aliphatic carbocycles. The Kier molecular flexibility index (Phi) is 5.55. The molecule has 3 aromatic rings. The second kappa shape index (κ2) is 8.28. The molecule has 0 N–H and O–H groups in total. The molecule has 0 unspecified atom stereocenters. The summed E-state index contributed by atoms with van der Waals surface area (Å²) in [4.78, 5) is 28.9. The molecule has 2 heterocycles. The van der Waals surface area contributed by atoms with E-state index in [9.17, 15) is 14.0 Å². The molecule has 0 radical (unpaired) electrons. The maximum Gasteiger partial charge on any atom is 0.255 e. The zero-order valence-corrected chi connectivity index (χ0v) is 17.1. The molecule has 2 amide bonds. The number of rotatable bonds is 3. The minimum Gasteiger partial charge on any atom is -0.335 e. The highest BCUT2D eigenvalue weighted by molar-refractivity contribution is 6.33. The van der Waals surface area contributed by atoms with Gasteiger partial charge in [-0.25, -0.2) is 9.07 Å². The maximum atomic E-state index is 13.2. The monoisotopic (exact) mass is 426 g/mol. The molecule has 8 heteroatoms. The van der Waals surface area contributed by atoms with Crippen LogP contribution in [-0.4, -0.2) is 57.6 Å². The highest BCUT2D eigenvalue weighted by Crippen LogP contribution is 2.20. The Labute approximate surface area is 178 Å². The molecule has 0 atom stereocenters. The van der Waals surface area contributed by atoms with Crippen LogP contribution in [0.4, 0.5) is 4.39 Å². The minimum absolute atomic E-state index is 0.0781. The van der Waals surface area contributed by atoms with E-state index in [1.54, 1.807) is 32.8 Å². The maximum absolute atomic E-state index is 13.2. The van der Waals surface area contributed by atoms with Crippen LogP contribution in [0.5, 0.6) is 0 Å². The van der Waals surface area contributed by atoms with Crippen molar-refractivity contribution in [1.82, 2.24) is 19.6 Å². The first-order chi connectivity index (χ1) is 14.4. The smallest absolute Gasteiger partial charge is 0.255 e. The average molecular weight is 427 g/mol. The fourth-order valence-electron chi connectivity index (χ4n) is 3.51. The van der Waals surface area contributed by atoms with Crippen molar-refractivity contribution < 1.29 is 14.0 Å². The third-order valence-electron chi connectivity index (χ3n) is 5.21. The molecule has 6 nitrogen and oxygen atoms in total. The summed E-state index contributed by atoms with van der Waals surface area (Å²) >= 11 is 6.00. The van der Waals surface area contributed by atoms with E-state index in [1.165, 1.54) is 12.1 Å². The number of hydrogen-bond acceptors (Lipinski definition) is 3. The summed E-state index contributed by atoms with van der Waals surface area (Å²) in [5.74, 6) is -0.822. The molecule has 1 fully saturated rings. The number of carbonyl (C=O) groups is 2. The van der Waals surface area contributed by atoms with Crippen LogP contribution in [0.25, 0.3) is 5.69 Å². The predicted octanol–water partition coefficient (Wildman–Crippen LogP) is 3.57. The standard InChI is InChI=1S/C22H20ClFN4O2/c1-15-8-9-25-28(15)18-5-2-16(3-6-18)21(29)26-10-12-27(13-11-26)22(30)19-7-4-17(24)14-20(19)23/h2-9,14H,10-13H2,1H3. The number of amides is 2. The number of benzene rings is 2. The van der Waals surface area contributed by atoms with E-state index < -0.39 is 5.82 Å². The van der Waals surface area contributed by atoms with Crippen molar-refractivity contribution in [3.63, 3.8) is 0 Å². The fourth-order valence-corrected chi connectivity index (χ4v) is 3.76. The number of carbonyl (C=O) groups excluding carboxylic acids is 2. The summed E-state index contributed by atoms with van der Waals surface area (Å²) < 4.78 is 15.0. The van der Waals surface area contributed by atoms with Gasteiger partial charge in [0.2, 0.25) is 0 Å². The van der Waals surface area contributed by atoms with E-state index in [4.69, 9.17) is 11.6 Å². The molecule has 0 bridgehead atoms. The average Bonchev–Trinajstić information content (AvgIpc) is 3.19. The van der Waals surface area contributed by atoms with Crippen LogP contribution in [0, 0.1) is 12.7 Å². The number of aromatic nitrogens is 2. The van der Waals surface area contributed by atoms with Crippen molar-refractivity contribution in [2.75, 3.05) is 26.2 Å². The van der Waals surface area contributed by atoms with Gasteiger partial charge in [0, 0.05) is 43.6 Å². The van der Waals surface area contributed by atoms with Gasteiger partial charge in [0.05, 0.1) is 16.3 Å². The van der Waals surface area contributed by atoms with E-state index in [1.807, 2.05) is 25.1 Å². The van der Waals surface area contributed by atoms with Gasteiger partial charge in [-0.15, -0.1) is 0 Å². The van der Waals surface area contributed by atoms with E-state index in [0.29, 0.717) is 31.7 Å². The zero-order valence-electron chi connectivity index (χ0n) is 16.4. The SMILES string of the molecule is Cc1ccnn1-c1ccc(C(=O)N2CCN(C(=O)c3ccc(F)cc3Cl)CC2)cc1. The Hall–Kier alpha value is -3.19. The number of piperazine rings is 1. The Bertz CT molecular complexity index is 1090. The van der Waals surface area contributed by atoms with Crippen molar-refractivity contribution >= 4 is 23.4 Å². The van der Waals surface area contributed by atoms with Gasteiger partial charge >= 0.3 is 0 Å². The quantitative estimate of drug-likeness (QED) is 0.643. The van der Waals surface area contributed by atoms with Crippen LogP contribution in [-0.2, 0) is 0 Å². The molecular formula is C22H20ClFN4O2. The van der Waals surface area contributed by atoms with Gasteiger partial charge in [-0.2, -0.15) is 5.10 Å². The first kappa shape index (κ1) is 20.1. The van der Waals surface area contributed by atoms with Crippen LogP contribution in [0.2, 0.25) is 5.02 Å². The lowest BCUT2D eigenvalue weighted by atomic mass is 10.1. The number of aryl methyl sites for hydroxylation is 1. The van der Waals surface area contributed by atoms with E-state index in [-0.39, 0.29) is 22.4 Å². The number of hydrogen-bond donors (Lipinski definition) is 0. The summed E-state index contributed by atoms with van der Waals surface area (Å²) in [5.41, 5.74) is 2.75. The molecule has 4 rings (SSSR count). The van der Waals surface area contributed by atoms with Crippen LogP contribution in [0.15, 0.2) is 54.7 Å². The van der Waals surface area contributed by atoms with E-state index in [0.717, 1.165) is 17.4 Å². The summed E-state index contributed by atoms with van der Waals surface area (Å²) in [5, 5.41) is 4.35. The van der Waals surface area contributed by atoms with Crippen molar-refractivity contribution in [2.45, 2.75) is 6.92 Å². The van der Waals surface area contributed by atoms with Gasteiger partial charge in [-0.05, 0) is 55.5 Å². The predicted molar refractivity (Wildman–Crippen MR) is 112 cm³/mol. The molecule has 1 aliphatic rings. The van der Waals surface area contributed by atoms with Crippen LogP contribution < -0.4 is 0 Å². The normalized spacial score (nSPS) is 14.1. The van der Waals surface area contributed by atoms with Gasteiger partial charge in [0.15, 0.2) is 0 Å². The largest absolute Gasteiger partial charge is 0.335 e. The molecular weight excluding hydrogens is 407 g/mol. The van der Waals surface area contributed by atoms with Gasteiger partial charge in [0.1, 0.15) is 5.82 Å². The third kappa shape index (κ3) is 3.93. The molecule has 154 valence electrons. The lowest BCUT2D eigenvalue weighted by Gasteiger charge is -2.35. The minimum atomic E-state index is -0.485. The fraction of sp³-hybridized carbons (Fsp3) is 0.227. The number of nitrogens with zero attached hydrogens (tertiary/aromatic N) is 4. The van der Waals surface area contributed by atoms with Crippen molar-refractivity contribution in [3.05, 3.63) is 82.4 Å². The van der Waals surface area contributed by atoms with Gasteiger partial charge < -0.3 is 9.80 Å². The molecule has 30 heavy (non-hydrogen) atoms. The number of halogens is 2. The molecule has 1 saturated heterocycles. The molecule has 1 aromatic heterocycles. The Morgan fingerprint density at radius 1 is 0.933 bits per heavy atom. The Morgan fingerprint density at radius 3 is 2.13 bits per heavy atom. The summed E-state index contributed by atoms with van der Waals surface area (Å²) in [6.07, 6.45) is 1.73. The lowest BCUT2D eigenvalue weighted by Crippen LogP contribution is -2.50. The van der Waals surface area contributed by atoms with Crippen LogP contribution in [0.3, 0.4) is 0 Å². The van der Waals surface area contributed by atoms with E-state index in [2.05, 4.69) is 5.10 Å². The summed E-state index contributed by atoms with van der Waals surface area (Å²) in [7, 11) is 0. The Morgan fingerprint density at radius 2 is 1.57 bits per heavy atom. The molecule has 0 saturated carbocycles. The highest BCUT2D eigenvalue weighted by atomic mass is 35.5. The second-order valence-corrected chi connectivity index (χ2v) is 7.55. The zero-order chi connectivity index (χ0) is 21.3. The molecule has 2 aromatic carbocycles. The van der Waals surface area contributed by atoms with Gasteiger partial charge in [0.25, 0.3) is 11.8 Å². The van der Waals surface area contributed by atoms with Gasteiger partial charge in [-0.3, -0.25) is 9.59 Å². The highest BCUT2D eigenvalue weighted by Gasteiger charge is 2.26. The van der Waals surface area contributed by atoms with Crippen molar-refractivity contribution in [1.29, 1.82) is 0 Å². The first-order valence-corrected chi connectivity index (χ1v) is 9.96. The summed E-state index contributed by atoms with van der Waals surface area (Å²) in [6, 6.07) is 13.0. The van der Waals surface area contributed by atoms with Crippen LogP contribution >= 0.6 is 11.6 Å². The topological polar surface area (TPSA) is 58.4 Å².